The highest BCUT2D eigenvalue weighted by Crippen LogP contribution is 2.17. The number of benzene rings is 1. The molecule has 0 aliphatic carbocycles. The van der Waals surface area contributed by atoms with Crippen molar-refractivity contribution in [2.45, 2.75) is 6.54 Å². The lowest BCUT2D eigenvalue weighted by molar-refractivity contribution is 0.425. The number of aromatic amines is 1. The van der Waals surface area contributed by atoms with Crippen LogP contribution in [0.2, 0.25) is 0 Å². The summed E-state index contributed by atoms with van der Waals surface area (Å²) in [6.45, 7) is 2.45. The summed E-state index contributed by atoms with van der Waals surface area (Å²) < 4.78 is 0. The number of hydrogen-bond donors (Lipinski definition) is 3. The molecular formula is C20H23N7. The number of pyridine rings is 1. The number of likely N-dealkylation sites (N-methyl/N-ethyl adjacent to an activating group) is 1. The lowest BCUT2D eigenvalue weighted by atomic mass is 10.1. The fourth-order valence-electron chi connectivity index (χ4n) is 2.89. The molecule has 1 aromatic carbocycles. The third-order valence-corrected chi connectivity index (χ3v) is 4.36. The van der Waals surface area contributed by atoms with Crippen LogP contribution in [-0.4, -0.2) is 52.0 Å². The maximum absolute atomic E-state index is 4.60. The van der Waals surface area contributed by atoms with Crippen molar-refractivity contribution in [1.82, 2.24) is 24.8 Å². The van der Waals surface area contributed by atoms with Crippen LogP contribution in [0.25, 0.3) is 22.1 Å². The molecule has 0 fully saturated rings. The Hall–Kier alpha value is -3.19. The Morgan fingerprint density at radius 2 is 1.89 bits per heavy atom. The molecule has 3 heterocycles. The van der Waals surface area contributed by atoms with Crippen LogP contribution < -0.4 is 10.6 Å². The molecule has 7 heteroatoms. The van der Waals surface area contributed by atoms with Crippen LogP contribution in [0.1, 0.15) is 5.56 Å². The van der Waals surface area contributed by atoms with Crippen molar-refractivity contribution < 1.29 is 0 Å². The van der Waals surface area contributed by atoms with Gasteiger partial charge >= 0.3 is 0 Å². The largest absolute Gasteiger partial charge is 0.369 e. The van der Waals surface area contributed by atoms with Gasteiger partial charge in [0.15, 0.2) is 5.65 Å². The van der Waals surface area contributed by atoms with Gasteiger partial charge in [0.2, 0.25) is 0 Å². The van der Waals surface area contributed by atoms with E-state index < -0.39 is 0 Å². The van der Waals surface area contributed by atoms with Gasteiger partial charge in [-0.2, -0.15) is 0 Å². The summed E-state index contributed by atoms with van der Waals surface area (Å²) in [5, 5.41) is 7.86. The molecular weight excluding hydrogens is 338 g/mol. The smallest absolute Gasteiger partial charge is 0.182 e. The second-order valence-corrected chi connectivity index (χ2v) is 6.78. The fraction of sp³-hybridized carbons (Fsp3) is 0.250. The van der Waals surface area contributed by atoms with E-state index in [2.05, 4.69) is 59.7 Å². The van der Waals surface area contributed by atoms with Gasteiger partial charge in [-0.15, -0.1) is 0 Å². The normalized spacial score (nSPS) is 11.4. The quantitative estimate of drug-likeness (QED) is 0.469. The molecule has 0 unspecified atom stereocenters. The summed E-state index contributed by atoms with van der Waals surface area (Å²) in [6.07, 6.45) is 3.70. The highest BCUT2D eigenvalue weighted by atomic mass is 15.1. The maximum Gasteiger partial charge on any atom is 0.182 e. The molecule has 4 aromatic rings. The zero-order valence-corrected chi connectivity index (χ0v) is 15.5. The average Bonchev–Trinajstić information content (AvgIpc) is 3.13. The first-order valence-electron chi connectivity index (χ1n) is 9.00. The van der Waals surface area contributed by atoms with Crippen LogP contribution in [0.4, 0.5) is 11.6 Å². The number of aromatic nitrogens is 4. The predicted molar refractivity (Wildman–Crippen MR) is 110 cm³/mol. The number of H-pyrrole nitrogens is 1. The second-order valence-electron chi connectivity index (χ2n) is 6.78. The summed E-state index contributed by atoms with van der Waals surface area (Å²) in [5.41, 5.74) is 3.73. The van der Waals surface area contributed by atoms with E-state index in [0.717, 1.165) is 29.9 Å². The van der Waals surface area contributed by atoms with Gasteiger partial charge < -0.3 is 20.5 Å². The Labute approximate surface area is 157 Å². The van der Waals surface area contributed by atoms with Crippen LogP contribution in [0, 0.1) is 0 Å². The summed E-state index contributed by atoms with van der Waals surface area (Å²) in [7, 11) is 4.10. The molecule has 0 amide bonds. The number of rotatable bonds is 7. The highest BCUT2D eigenvalue weighted by molar-refractivity contribution is 5.80. The molecule has 0 radical (unpaired) electrons. The summed E-state index contributed by atoms with van der Waals surface area (Å²) in [5.74, 6) is 1.53. The van der Waals surface area contributed by atoms with Gasteiger partial charge in [-0.1, -0.05) is 12.1 Å². The Kier molecular flexibility index (Phi) is 4.84. The third kappa shape index (κ3) is 4.15. The molecule has 0 bridgehead atoms. The van der Waals surface area contributed by atoms with Crippen LogP contribution in [0.15, 0.2) is 48.8 Å². The van der Waals surface area contributed by atoms with Gasteiger partial charge in [0.1, 0.15) is 17.2 Å². The van der Waals surface area contributed by atoms with Crippen molar-refractivity contribution in [2.75, 3.05) is 37.8 Å². The van der Waals surface area contributed by atoms with Gasteiger partial charge in [-0.3, -0.25) is 0 Å². The predicted octanol–water partition coefficient (Wildman–Crippen LogP) is 3.09. The van der Waals surface area contributed by atoms with Crippen molar-refractivity contribution >= 4 is 33.7 Å². The first-order chi connectivity index (χ1) is 13.2. The van der Waals surface area contributed by atoms with Crippen LogP contribution in [0.3, 0.4) is 0 Å². The number of anilines is 2. The number of nitrogens with zero attached hydrogens (tertiary/aromatic N) is 4. The summed E-state index contributed by atoms with van der Waals surface area (Å²) >= 11 is 0. The SMILES string of the molecule is CN(C)CCNc1ccc2ncc(NCc3ccc4cc[nH]c4c3)nc2n1. The van der Waals surface area contributed by atoms with Crippen LogP contribution in [-0.2, 0) is 6.54 Å². The molecule has 0 atom stereocenters. The summed E-state index contributed by atoms with van der Waals surface area (Å²) in [4.78, 5) is 19.0. The highest BCUT2D eigenvalue weighted by Gasteiger charge is 2.04. The van der Waals surface area contributed by atoms with Gasteiger partial charge in [-0.05, 0) is 49.3 Å². The Balaban J connectivity index is 1.46. The van der Waals surface area contributed by atoms with Gasteiger partial charge in [0.25, 0.3) is 0 Å². The molecule has 27 heavy (non-hydrogen) atoms. The zero-order valence-electron chi connectivity index (χ0n) is 15.5. The lowest BCUT2D eigenvalue weighted by Crippen LogP contribution is -2.21. The van der Waals surface area contributed by atoms with Crippen LogP contribution >= 0.6 is 0 Å². The standard InChI is InChI=1S/C20H23N7/c1-27(2)10-9-22-18-6-5-16-20(25-18)26-19(13-23-16)24-12-14-3-4-15-7-8-21-17(15)11-14/h3-8,11,13,21H,9-10,12H2,1-2H3,(H2,22,24,25,26). The molecule has 7 nitrogen and oxygen atoms in total. The van der Waals surface area contributed by atoms with Crippen molar-refractivity contribution in [2.24, 2.45) is 0 Å². The van der Waals surface area contributed by atoms with E-state index in [0.29, 0.717) is 18.0 Å². The minimum atomic E-state index is 0.634. The molecule has 0 spiro atoms. The van der Waals surface area contributed by atoms with Crippen molar-refractivity contribution in [1.29, 1.82) is 0 Å². The molecule has 3 aromatic heterocycles. The van der Waals surface area contributed by atoms with Gasteiger partial charge in [0, 0.05) is 31.3 Å². The minimum Gasteiger partial charge on any atom is -0.369 e. The third-order valence-electron chi connectivity index (χ3n) is 4.36. The number of hydrogen-bond acceptors (Lipinski definition) is 6. The van der Waals surface area contributed by atoms with Crippen molar-refractivity contribution in [3.8, 4) is 0 Å². The maximum atomic E-state index is 4.60. The van der Waals surface area contributed by atoms with E-state index in [9.17, 15) is 0 Å². The monoisotopic (exact) mass is 361 g/mol. The van der Waals surface area contributed by atoms with E-state index in [1.807, 2.05) is 32.4 Å². The second kappa shape index (κ2) is 7.59. The Morgan fingerprint density at radius 3 is 2.78 bits per heavy atom. The van der Waals surface area contributed by atoms with Crippen molar-refractivity contribution in [3.05, 3.63) is 54.4 Å². The minimum absolute atomic E-state index is 0.634. The molecule has 3 N–H and O–H groups in total. The fourth-order valence-corrected chi connectivity index (χ4v) is 2.89. The molecule has 0 aliphatic heterocycles. The molecule has 0 saturated heterocycles. The first-order valence-corrected chi connectivity index (χ1v) is 9.00. The van der Waals surface area contributed by atoms with Crippen LogP contribution in [0.5, 0.6) is 0 Å². The van der Waals surface area contributed by atoms with E-state index in [1.165, 1.54) is 10.9 Å². The first kappa shape index (κ1) is 17.2. The average molecular weight is 361 g/mol. The van der Waals surface area contributed by atoms with E-state index in [1.54, 1.807) is 6.20 Å². The topological polar surface area (TPSA) is 81.8 Å². The van der Waals surface area contributed by atoms with E-state index in [4.69, 9.17) is 0 Å². The van der Waals surface area contributed by atoms with E-state index >= 15 is 0 Å². The van der Waals surface area contributed by atoms with E-state index in [-0.39, 0.29) is 0 Å². The zero-order chi connectivity index (χ0) is 18.6. The van der Waals surface area contributed by atoms with Gasteiger partial charge in [0.05, 0.1) is 6.20 Å². The van der Waals surface area contributed by atoms with Crippen molar-refractivity contribution in [3.63, 3.8) is 0 Å². The molecule has 0 saturated carbocycles. The molecule has 138 valence electrons. The lowest BCUT2D eigenvalue weighted by Gasteiger charge is -2.11. The number of nitrogens with one attached hydrogen (secondary N) is 3. The summed E-state index contributed by atoms with van der Waals surface area (Å²) in [6, 6.07) is 12.3. The van der Waals surface area contributed by atoms with Gasteiger partial charge in [-0.25, -0.2) is 15.0 Å². The Bertz CT molecular complexity index is 1050. The number of fused-ring (bicyclic) bond motifs is 2. The molecule has 4 rings (SSSR count). The Morgan fingerprint density at radius 1 is 1.00 bits per heavy atom. The molecule has 0 aliphatic rings.